The molecule has 1 aliphatic rings. The predicted octanol–water partition coefficient (Wildman–Crippen LogP) is 2.81. The highest BCUT2D eigenvalue weighted by molar-refractivity contribution is 6.20. The maximum atomic E-state index is 13.9. The van der Waals surface area contributed by atoms with Crippen molar-refractivity contribution in [2.24, 2.45) is 0 Å². The lowest BCUT2D eigenvalue weighted by molar-refractivity contribution is -0.0272. The van der Waals surface area contributed by atoms with E-state index in [4.69, 9.17) is 16.3 Å². The van der Waals surface area contributed by atoms with Crippen molar-refractivity contribution in [2.75, 3.05) is 26.7 Å². The number of alkyl halides is 1. The van der Waals surface area contributed by atoms with Gasteiger partial charge >= 0.3 is 0 Å². The standard InChI is InChI=1S/C15H19ClFN3O/c1-10(16)15-18-14-12(17)4-3-5-13(14)20(15)9-11-8-19(2)6-7-21-11/h3-5,10-11H,6-9H2,1-2H3. The quantitative estimate of drug-likeness (QED) is 0.817. The minimum absolute atomic E-state index is 0.0681. The highest BCUT2D eigenvalue weighted by Gasteiger charge is 2.23. The fraction of sp³-hybridized carbons (Fsp3) is 0.533. The van der Waals surface area contributed by atoms with Gasteiger partial charge in [0, 0.05) is 13.1 Å². The van der Waals surface area contributed by atoms with Crippen molar-refractivity contribution >= 4 is 22.6 Å². The van der Waals surface area contributed by atoms with Gasteiger partial charge in [-0.25, -0.2) is 9.37 Å². The number of likely N-dealkylation sites (N-methyl/N-ethyl adjacent to an activating group) is 1. The zero-order valence-electron chi connectivity index (χ0n) is 12.2. The van der Waals surface area contributed by atoms with Crippen molar-refractivity contribution in [3.63, 3.8) is 0 Å². The van der Waals surface area contributed by atoms with E-state index in [1.807, 2.05) is 17.6 Å². The lowest BCUT2D eigenvalue weighted by Crippen LogP contribution is -2.42. The van der Waals surface area contributed by atoms with Crippen molar-refractivity contribution in [1.29, 1.82) is 0 Å². The third-order valence-corrected chi connectivity index (χ3v) is 4.04. The van der Waals surface area contributed by atoms with Crippen LogP contribution in [0.3, 0.4) is 0 Å². The summed E-state index contributed by atoms with van der Waals surface area (Å²) in [5, 5.41) is -0.280. The molecule has 114 valence electrons. The Morgan fingerprint density at radius 2 is 2.33 bits per heavy atom. The average Bonchev–Trinajstić information content (AvgIpc) is 2.80. The van der Waals surface area contributed by atoms with Crippen molar-refractivity contribution in [3.05, 3.63) is 29.8 Å². The van der Waals surface area contributed by atoms with Gasteiger partial charge in [0.25, 0.3) is 0 Å². The van der Waals surface area contributed by atoms with E-state index in [-0.39, 0.29) is 17.3 Å². The van der Waals surface area contributed by atoms with Crippen LogP contribution in [-0.2, 0) is 11.3 Å². The molecular formula is C15H19ClFN3O. The van der Waals surface area contributed by atoms with E-state index in [0.717, 1.165) is 18.6 Å². The van der Waals surface area contributed by atoms with E-state index in [1.165, 1.54) is 6.07 Å². The molecule has 0 saturated carbocycles. The van der Waals surface area contributed by atoms with E-state index in [0.29, 0.717) is 24.5 Å². The zero-order valence-corrected chi connectivity index (χ0v) is 13.0. The summed E-state index contributed by atoms with van der Waals surface area (Å²) in [6, 6.07) is 5.00. The van der Waals surface area contributed by atoms with Gasteiger partial charge in [-0.15, -0.1) is 11.6 Å². The van der Waals surface area contributed by atoms with Gasteiger partial charge in [-0.2, -0.15) is 0 Å². The second-order valence-corrected chi connectivity index (χ2v) is 6.21. The highest BCUT2D eigenvalue weighted by atomic mass is 35.5. The van der Waals surface area contributed by atoms with E-state index in [9.17, 15) is 4.39 Å². The molecule has 3 rings (SSSR count). The molecule has 6 heteroatoms. The molecule has 0 spiro atoms. The number of fused-ring (bicyclic) bond motifs is 1. The number of morpholine rings is 1. The molecule has 0 aliphatic carbocycles. The molecule has 4 nitrogen and oxygen atoms in total. The first kappa shape index (κ1) is 14.8. The fourth-order valence-corrected chi connectivity index (χ4v) is 2.97. The number of ether oxygens (including phenoxy) is 1. The van der Waals surface area contributed by atoms with Gasteiger partial charge in [0.1, 0.15) is 11.3 Å². The van der Waals surface area contributed by atoms with Gasteiger partial charge in [0.2, 0.25) is 0 Å². The second kappa shape index (κ2) is 5.91. The summed E-state index contributed by atoms with van der Waals surface area (Å²) in [5.74, 6) is 0.375. The first-order valence-corrected chi connectivity index (χ1v) is 7.58. The van der Waals surface area contributed by atoms with E-state index < -0.39 is 0 Å². The van der Waals surface area contributed by atoms with Gasteiger partial charge in [0.15, 0.2) is 5.82 Å². The van der Waals surface area contributed by atoms with Crippen LogP contribution < -0.4 is 0 Å². The van der Waals surface area contributed by atoms with Crippen LogP contribution in [0.4, 0.5) is 4.39 Å². The molecule has 0 bridgehead atoms. The Morgan fingerprint density at radius 1 is 1.52 bits per heavy atom. The first-order valence-electron chi connectivity index (χ1n) is 7.15. The summed E-state index contributed by atoms with van der Waals surface area (Å²) >= 11 is 6.22. The maximum Gasteiger partial charge on any atom is 0.151 e. The number of nitrogens with zero attached hydrogens (tertiary/aromatic N) is 3. The Kier molecular flexibility index (Phi) is 4.15. The number of imidazole rings is 1. The molecule has 2 aromatic rings. The van der Waals surface area contributed by atoms with Crippen LogP contribution in [0.15, 0.2) is 18.2 Å². The molecule has 0 amide bonds. The lowest BCUT2D eigenvalue weighted by Gasteiger charge is -2.30. The predicted molar refractivity (Wildman–Crippen MR) is 81.2 cm³/mol. The summed E-state index contributed by atoms with van der Waals surface area (Å²) in [4.78, 5) is 6.62. The number of hydrogen-bond acceptors (Lipinski definition) is 3. The fourth-order valence-electron chi connectivity index (χ4n) is 2.81. The highest BCUT2D eigenvalue weighted by Crippen LogP contribution is 2.27. The topological polar surface area (TPSA) is 30.3 Å². The van der Waals surface area contributed by atoms with Gasteiger partial charge in [-0.3, -0.25) is 0 Å². The van der Waals surface area contributed by atoms with Crippen molar-refractivity contribution < 1.29 is 9.13 Å². The molecule has 2 heterocycles. The molecular weight excluding hydrogens is 293 g/mol. The third-order valence-electron chi connectivity index (χ3n) is 3.84. The van der Waals surface area contributed by atoms with Crippen LogP contribution in [0.1, 0.15) is 18.1 Å². The maximum absolute atomic E-state index is 13.9. The molecule has 1 saturated heterocycles. The van der Waals surface area contributed by atoms with Crippen molar-refractivity contribution in [3.8, 4) is 0 Å². The monoisotopic (exact) mass is 311 g/mol. The van der Waals surface area contributed by atoms with Gasteiger partial charge in [-0.1, -0.05) is 6.07 Å². The molecule has 2 unspecified atom stereocenters. The summed E-state index contributed by atoms with van der Waals surface area (Å²) in [6.07, 6.45) is 0.0681. The second-order valence-electron chi connectivity index (χ2n) is 5.56. The molecule has 0 radical (unpaired) electrons. The lowest BCUT2D eigenvalue weighted by atomic mass is 10.2. The summed E-state index contributed by atoms with van der Waals surface area (Å²) < 4.78 is 21.7. The SMILES string of the molecule is CC(Cl)c1nc2c(F)cccc2n1CC1CN(C)CCO1. The largest absolute Gasteiger partial charge is 0.374 e. The summed E-state index contributed by atoms with van der Waals surface area (Å²) in [6.45, 7) is 5.00. The van der Waals surface area contributed by atoms with E-state index in [1.54, 1.807) is 6.07 Å². The molecule has 21 heavy (non-hydrogen) atoms. The van der Waals surface area contributed by atoms with E-state index in [2.05, 4.69) is 16.9 Å². The zero-order chi connectivity index (χ0) is 15.0. The minimum Gasteiger partial charge on any atom is -0.374 e. The summed E-state index contributed by atoms with van der Waals surface area (Å²) in [5.41, 5.74) is 1.15. The molecule has 1 fully saturated rings. The molecule has 1 aliphatic heterocycles. The number of rotatable bonds is 3. The Labute approximate surface area is 128 Å². The van der Waals surface area contributed by atoms with Crippen LogP contribution in [-0.4, -0.2) is 47.3 Å². The van der Waals surface area contributed by atoms with Crippen LogP contribution >= 0.6 is 11.6 Å². The van der Waals surface area contributed by atoms with Crippen LogP contribution in [0.2, 0.25) is 0 Å². The van der Waals surface area contributed by atoms with Crippen LogP contribution in [0.25, 0.3) is 11.0 Å². The van der Waals surface area contributed by atoms with Crippen LogP contribution in [0.5, 0.6) is 0 Å². The Bertz CT molecular complexity index is 643. The number of para-hydroxylation sites is 1. The number of hydrogen-bond donors (Lipinski definition) is 0. The molecule has 0 N–H and O–H groups in total. The van der Waals surface area contributed by atoms with Crippen molar-refractivity contribution in [2.45, 2.75) is 24.9 Å². The molecule has 1 aromatic carbocycles. The van der Waals surface area contributed by atoms with Gasteiger partial charge in [-0.05, 0) is 26.1 Å². The number of benzene rings is 1. The normalized spacial score (nSPS) is 21.8. The van der Waals surface area contributed by atoms with Gasteiger partial charge < -0.3 is 14.2 Å². The smallest absolute Gasteiger partial charge is 0.151 e. The van der Waals surface area contributed by atoms with Gasteiger partial charge in [0.05, 0.1) is 30.1 Å². The molecule has 2 atom stereocenters. The van der Waals surface area contributed by atoms with Crippen LogP contribution in [0, 0.1) is 5.82 Å². The average molecular weight is 312 g/mol. The summed E-state index contributed by atoms with van der Waals surface area (Å²) in [7, 11) is 2.08. The minimum atomic E-state index is -0.313. The first-order chi connectivity index (χ1) is 10.1. The third kappa shape index (κ3) is 2.91. The number of aromatic nitrogens is 2. The van der Waals surface area contributed by atoms with E-state index >= 15 is 0 Å². The molecule has 1 aromatic heterocycles. The van der Waals surface area contributed by atoms with Crippen molar-refractivity contribution in [1.82, 2.24) is 14.5 Å². The Balaban J connectivity index is 1.99. The number of halogens is 2. The Morgan fingerprint density at radius 3 is 3.05 bits per heavy atom. The Hall–Kier alpha value is -1.17.